The van der Waals surface area contributed by atoms with E-state index < -0.39 is 0 Å². The van der Waals surface area contributed by atoms with E-state index in [1.807, 2.05) is 18.2 Å². The SMILES string of the molecule is COc1ccc(NC(=O)c2cc(Nc3ccc4c(c3)OCO4)ccn2)c(OC)c1. The lowest BCUT2D eigenvalue weighted by atomic mass is 10.2. The fourth-order valence-corrected chi connectivity index (χ4v) is 2.86. The van der Waals surface area contributed by atoms with E-state index in [4.69, 9.17) is 18.9 Å². The Bertz CT molecular complexity index is 1050. The molecule has 2 aromatic carbocycles. The summed E-state index contributed by atoms with van der Waals surface area (Å²) in [6, 6.07) is 14.1. The predicted octanol–water partition coefficient (Wildman–Crippen LogP) is 3.82. The van der Waals surface area contributed by atoms with Crippen molar-refractivity contribution in [2.45, 2.75) is 0 Å². The summed E-state index contributed by atoms with van der Waals surface area (Å²) < 4.78 is 21.2. The summed E-state index contributed by atoms with van der Waals surface area (Å²) in [5.74, 6) is 2.15. The van der Waals surface area contributed by atoms with Crippen LogP contribution in [-0.4, -0.2) is 31.9 Å². The van der Waals surface area contributed by atoms with Crippen molar-refractivity contribution >= 4 is 23.0 Å². The molecule has 0 spiro atoms. The molecule has 4 rings (SSSR count). The number of amides is 1. The van der Waals surface area contributed by atoms with Gasteiger partial charge in [-0.2, -0.15) is 0 Å². The Hall–Kier alpha value is -3.94. The highest BCUT2D eigenvalue weighted by Gasteiger charge is 2.15. The summed E-state index contributed by atoms with van der Waals surface area (Å²) in [6.45, 7) is 0.215. The Balaban J connectivity index is 1.50. The number of ether oxygens (including phenoxy) is 4. The second kappa shape index (κ2) is 7.97. The number of rotatable bonds is 6. The topological polar surface area (TPSA) is 90.9 Å². The van der Waals surface area contributed by atoms with E-state index >= 15 is 0 Å². The highest BCUT2D eigenvalue weighted by Crippen LogP contribution is 2.35. The molecule has 0 atom stereocenters. The van der Waals surface area contributed by atoms with Gasteiger partial charge < -0.3 is 29.6 Å². The number of hydrogen-bond donors (Lipinski definition) is 2. The van der Waals surface area contributed by atoms with Crippen molar-refractivity contribution in [2.24, 2.45) is 0 Å². The largest absolute Gasteiger partial charge is 0.497 e. The Morgan fingerprint density at radius 3 is 2.62 bits per heavy atom. The lowest BCUT2D eigenvalue weighted by Crippen LogP contribution is -2.14. The van der Waals surface area contributed by atoms with Gasteiger partial charge in [-0.25, -0.2) is 0 Å². The normalized spacial score (nSPS) is 11.7. The summed E-state index contributed by atoms with van der Waals surface area (Å²) in [5, 5.41) is 6.04. The lowest BCUT2D eigenvalue weighted by Gasteiger charge is -2.12. The molecular formula is C21H19N3O5. The van der Waals surface area contributed by atoms with Gasteiger partial charge in [0.1, 0.15) is 17.2 Å². The summed E-state index contributed by atoms with van der Waals surface area (Å²) in [7, 11) is 3.09. The zero-order valence-electron chi connectivity index (χ0n) is 15.9. The molecule has 1 aromatic heterocycles. The quantitative estimate of drug-likeness (QED) is 0.658. The summed E-state index contributed by atoms with van der Waals surface area (Å²) >= 11 is 0. The molecule has 8 nitrogen and oxygen atoms in total. The molecule has 1 amide bonds. The van der Waals surface area contributed by atoms with E-state index in [0.29, 0.717) is 34.4 Å². The maximum absolute atomic E-state index is 12.7. The first-order valence-electron chi connectivity index (χ1n) is 8.82. The van der Waals surface area contributed by atoms with Crippen LogP contribution >= 0.6 is 0 Å². The Morgan fingerprint density at radius 2 is 1.79 bits per heavy atom. The second-order valence-electron chi connectivity index (χ2n) is 6.14. The molecule has 0 radical (unpaired) electrons. The summed E-state index contributed by atoms with van der Waals surface area (Å²) in [5.41, 5.74) is 2.30. The monoisotopic (exact) mass is 393 g/mol. The van der Waals surface area contributed by atoms with Crippen molar-refractivity contribution < 1.29 is 23.7 Å². The van der Waals surface area contributed by atoms with E-state index in [2.05, 4.69) is 15.6 Å². The van der Waals surface area contributed by atoms with Crippen molar-refractivity contribution in [2.75, 3.05) is 31.6 Å². The number of nitrogens with zero attached hydrogens (tertiary/aromatic N) is 1. The van der Waals surface area contributed by atoms with Crippen LogP contribution in [0.1, 0.15) is 10.5 Å². The first kappa shape index (κ1) is 18.4. The summed E-state index contributed by atoms with van der Waals surface area (Å²) in [6.07, 6.45) is 1.56. The first-order chi connectivity index (χ1) is 14.2. The van der Waals surface area contributed by atoms with E-state index in [9.17, 15) is 4.79 Å². The minimum atomic E-state index is -0.359. The van der Waals surface area contributed by atoms with Crippen molar-refractivity contribution in [3.63, 3.8) is 0 Å². The minimum absolute atomic E-state index is 0.215. The molecule has 0 saturated carbocycles. The van der Waals surface area contributed by atoms with Crippen LogP contribution in [0.3, 0.4) is 0 Å². The van der Waals surface area contributed by atoms with Gasteiger partial charge >= 0.3 is 0 Å². The first-order valence-corrected chi connectivity index (χ1v) is 8.82. The molecule has 1 aliphatic rings. The maximum atomic E-state index is 12.7. The van der Waals surface area contributed by atoms with Gasteiger partial charge in [0, 0.05) is 29.7 Å². The Labute approximate surface area is 167 Å². The molecule has 8 heteroatoms. The van der Waals surface area contributed by atoms with E-state index in [0.717, 1.165) is 5.69 Å². The van der Waals surface area contributed by atoms with Gasteiger partial charge in [-0.15, -0.1) is 0 Å². The average Bonchev–Trinajstić information content (AvgIpc) is 3.22. The number of nitrogens with one attached hydrogen (secondary N) is 2. The van der Waals surface area contributed by atoms with Crippen LogP contribution in [0, 0.1) is 0 Å². The summed E-state index contributed by atoms with van der Waals surface area (Å²) in [4.78, 5) is 16.8. The number of anilines is 3. The van der Waals surface area contributed by atoms with Crippen molar-refractivity contribution in [3.05, 3.63) is 60.4 Å². The molecule has 2 heterocycles. The number of pyridine rings is 1. The number of methoxy groups -OCH3 is 2. The molecule has 0 saturated heterocycles. The number of benzene rings is 2. The van der Waals surface area contributed by atoms with Gasteiger partial charge in [0.15, 0.2) is 11.5 Å². The average molecular weight is 393 g/mol. The van der Waals surface area contributed by atoms with E-state index in [1.54, 1.807) is 43.6 Å². The number of fused-ring (bicyclic) bond motifs is 1. The van der Waals surface area contributed by atoms with Crippen LogP contribution in [0.2, 0.25) is 0 Å². The van der Waals surface area contributed by atoms with Crippen molar-refractivity contribution in [3.8, 4) is 23.0 Å². The smallest absolute Gasteiger partial charge is 0.274 e. The number of carbonyl (C=O) groups is 1. The molecule has 0 aliphatic carbocycles. The molecule has 0 fully saturated rings. The van der Waals surface area contributed by atoms with Gasteiger partial charge in [0.25, 0.3) is 5.91 Å². The van der Waals surface area contributed by atoms with E-state index in [1.165, 1.54) is 7.11 Å². The number of aromatic nitrogens is 1. The second-order valence-corrected chi connectivity index (χ2v) is 6.14. The Morgan fingerprint density at radius 1 is 0.966 bits per heavy atom. The molecule has 29 heavy (non-hydrogen) atoms. The van der Waals surface area contributed by atoms with Crippen LogP contribution in [0.4, 0.5) is 17.1 Å². The molecule has 0 unspecified atom stereocenters. The Kier molecular flexibility index (Phi) is 5.07. The van der Waals surface area contributed by atoms with Crippen LogP contribution in [-0.2, 0) is 0 Å². The van der Waals surface area contributed by atoms with Crippen LogP contribution in [0.5, 0.6) is 23.0 Å². The van der Waals surface area contributed by atoms with Crippen molar-refractivity contribution in [1.29, 1.82) is 0 Å². The highest BCUT2D eigenvalue weighted by molar-refractivity contribution is 6.04. The highest BCUT2D eigenvalue weighted by atomic mass is 16.7. The number of hydrogen-bond acceptors (Lipinski definition) is 7. The fraction of sp³-hybridized carbons (Fsp3) is 0.143. The van der Waals surface area contributed by atoms with E-state index in [-0.39, 0.29) is 18.4 Å². The fourth-order valence-electron chi connectivity index (χ4n) is 2.86. The van der Waals surface area contributed by atoms with Gasteiger partial charge in [-0.3, -0.25) is 9.78 Å². The molecule has 2 N–H and O–H groups in total. The van der Waals surface area contributed by atoms with Crippen molar-refractivity contribution in [1.82, 2.24) is 4.98 Å². The zero-order chi connectivity index (χ0) is 20.2. The third kappa shape index (κ3) is 4.01. The standard InChI is InChI=1S/C21H19N3O5/c1-26-15-4-5-16(19(11-15)27-2)24-21(25)17-9-14(7-8-22-17)23-13-3-6-18-20(10-13)29-12-28-18/h3-11H,12H2,1-2H3,(H,22,23)(H,24,25). The zero-order valence-corrected chi connectivity index (χ0v) is 15.9. The van der Waals surface area contributed by atoms with Gasteiger partial charge in [-0.05, 0) is 36.4 Å². The maximum Gasteiger partial charge on any atom is 0.274 e. The third-order valence-corrected chi connectivity index (χ3v) is 4.31. The van der Waals surface area contributed by atoms with Gasteiger partial charge in [0.05, 0.1) is 19.9 Å². The van der Waals surface area contributed by atoms with Gasteiger partial charge in [0.2, 0.25) is 6.79 Å². The van der Waals surface area contributed by atoms with Gasteiger partial charge in [-0.1, -0.05) is 0 Å². The molecule has 3 aromatic rings. The molecular weight excluding hydrogens is 374 g/mol. The molecule has 0 bridgehead atoms. The van der Waals surface area contributed by atoms with Crippen LogP contribution in [0.15, 0.2) is 54.7 Å². The predicted molar refractivity (Wildman–Crippen MR) is 108 cm³/mol. The molecule has 1 aliphatic heterocycles. The number of carbonyl (C=O) groups excluding carboxylic acids is 1. The van der Waals surface area contributed by atoms with Crippen LogP contribution in [0.25, 0.3) is 0 Å². The molecule has 148 valence electrons. The van der Waals surface area contributed by atoms with Crippen LogP contribution < -0.4 is 29.6 Å². The third-order valence-electron chi connectivity index (χ3n) is 4.31. The lowest BCUT2D eigenvalue weighted by molar-refractivity contribution is 0.102. The minimum Gasteiger partial charge on any atom is -0.497 e.